The zero-order valence-corrected chi connectivity index (χ0v) is 12.6. The Hall–Kier alpha value is 4.06. The molecule has 0 N–H and O–H groups in total. The minimum absolute atomic E-state index is 0. The van der Waals surface area contributed by atoms with Gasteiger partial charge in [-0.05, 0) is 0 Å². The Morgan fingerprint density at radius 3 is 0.333 bits per heavy atom. The van der Waals surface area contributed by atoms with E-state index in [1.807, 2.05) is 0 Å². The van der Waals surface area contributed by atoms with Crippen molar-refractivity contribution < 1.29 is 79.1 Å². The zero-order chi connectivity index (χ0) is 0. The van der Waals surface area contributed by atoms with E-state index in [1.165, 1.54) is 0 Å². The van der Waals surface area contributed by atoms with Crippen LogP contribution in [-0.4, -0.2) is 75.5 Å². The normalized spacial score (nSPS) is 0. The van der Waals surface area contributed by atoms with Crippen molar-refractivity contribution in [3.8, 4) is 0 Å². The molecule has 0 spiro atoms. The topological polar surface area (TPSA) is 142 Å². The van der Waals surface area contributed by atoms with Crippen molar-refractivity contribution in [1.82, 2.24) is 0 Å². The maximum atomic E-state index is 0. The van der Waals surface area contributed by atoms with Crippen LogP contribution in [0.4, 0.5) is 0 Å². The minimum Gasteiger partial charge on any atom is -2.00 e. The molecule has 0 saturated carbocycles. The fourth-order valence-corrected chi connectivity index (χ4v) is 0. The van der Waals surface area contributed by atoms with Crippen LogP contribution in [0.15, 0.2) is 0 Å². The Morgan fingerprint density at radius 2 is 0.333 bits per heavy atom. The van der Waals surface area contributed by atoms with Crippen LogP contribution in [0.25, 0.3) is 0 Å². The summed E-state index contributed by atoms with van der Waals surface area (Å²) in [6.45, 7) is 0. The second-order valence-electron chi connectivity index (χ2n) is 0. The number of rotatable bonds is 0. The van der Waals surface area contributed by atoms with Gasteiger partial charge >= 0.3 is 127 Å². The summed E-state index contributed by atoms with van der Waals surface area (Å²) in [5, 5.41) is 0. The van der Waals surface area contributed by atoms with E-state index in [2.05, 4.69) is 0 Å². The maximum Gasteiger partial charge on any atom is 3.00 e. The summed E-state index contributed by atoms with van der Waals surface area (Å²) in [5.74, 6) is 0. The van der Waals surface area contributed by atoms with Crippen molar-refractivity contribution in [2.24, 2.45) is 0 Å². The molecule has 0 heterocycles. The Balaban J connectivity index is 0. The van der Waals surface area contributed by atoms with E-state index >= 15 is 0 Å². The molecule has 0 aromatic rings. The average molecular weight is 250 g/mol. The molecule has 0 aromatic heterocycles. The average Bonchev–Trinajstić information content (AvgIpc) is 0. The molecular weight excluding hydrogens is 250 g/mol. The number of hydrogen-bond acceptors (Lipinski definition) is 0. The zero-order valence-electron chi connectivity index (χ0n) is 4.61. The summed E-state index contributed by atoms with van der Waals surface area (Å²) in [6, 6.07) is 0. The summed E-state index contributed by atoms with van der Waals surface area (Å²) < 4.78 is 0. The van der Waals surface area contributed by atoms with E-state index in [9.17, 15) is 0 Å². The monoisotopic (exact) mass is 250 g/mol. The molecule has 0 amide bonds. The fourth-order valence-electron chi connectivity index (χ4n) is 0. The molecule has 9 heavy (non-hydrogen) atoms. The standard InChI is InChI=1S/2Ca.5O.2Sc/q2*+2;5*-2;2*+3. The van der Waals surface area contributed by atoms with Gasteiger partial charge in [0.1, 0.15) is 0 Å². The van der Waals surface area contributed by atoms with E-state index < -0.39 is 0 Å². The molecule has 0 rings (SSSR count). The first-order chi connectivity index (χ1) is 0. The van der Waals surface area contributed by atoms with Gasteiger partial charge < -0.3 is 27.4 Å². The third kappa shape index (κ3) is 74.0. The van der Waals surface area contributed by atoms with Crippen molar-refractivity contribution in [1.29, 1.82) is 0 Å². The van der Waals surface area contributed by atoms with E-state index in [1.54, 1.807) is 0 Å². The van der Waals surface area contributed by atoms with Crippen molar-refractivity contribution in [2.75, 3.05) is 0 Å². The Morgan fingerprint density at radius 1 is 0.333 bits per heavy atom. The van der Waals surface area contributed by atoms with Crippen LogP contribution in [0, 0.1) is 0 Å². The summed E-state index contributed by atoms with van der Waals surface area (Å²) in [5.41, 5.74) is 0. The Labute approximate surface area is 151 Å². The second-order valence-corrected chi connectivity index (χ2v) is 0. The van der Waals surface area contributed by atoms with Gasteiger partial charge in [0, 0.05) is 0 Å². The summed E-state index contributed by atoms with van der Waals surface area (Å²) in [6.07, 6.45) is 0. The van der Waals surface area contributed by atoms with Crippen molar-refractivity contribution >= 4 is 75.5 Å². The predicted molar refractivity (Wildman–Crippen MR) is 14.9 cm³/mol. The molecule has 0 aromatic carbocycles. The van der Waals surface area contributed by atoms with Crippen LogP contribution in [0.2, 0.25) is 0 Å². The van der Waals surface area contributed by atoms with Crippen molar-refractivity contribution in [2.45, 2.75) is 0 Å². The second kappa shape index (κ2) is 89.5. The molecule has 9 heteroatoms. The SMILES string of the molecule is [Ca+2].[Ca+2].[O-2].[O-2].[O-2].[O-2].[O-2].[Sc+3].[Sc+3]. The molecule has 40 valence electrons. The van der Waals surface area contributed by atoms with E-state index in [0.29, 0.717) is 0 Å². The first-order valence-corrected chi connectivity index (χ1v) is 0. The first kappa shape index (κ1) is 115. The van der Waals surface area contributed by atoms with Gasteiger partial charge in [-0.1, -0.05) is 0 Å². The van der Waals surface area contributed by atoms with Gasteiger partial charge in [0.15, 0.2) is 0 Å². The molecule has 5 nitrogen and oxygen atoms in total. The molecule has 0 aliphatic heterocycles. The Bertz CT molecular complexity index is 12.9. The minimum atomic E-state index is 0. The third-order valence-corrected chi connectivity index (χ3v) is 0. The molecule has 0 bridgehead atoms. The molecule has 0 radical (unpaired) electrons. The van der Waals surface area contributed by atoms with Gasteiger partial charge in [-0.15, -0.1) is 0 Å². The Kier molecular flexibility index (Phi) is 1150. The van der Waals surface area contributed by atoms with Crippen molar-refractivity contribution in [3.05, 3.63) is 0 Å². The van der Waals surface area contributed by atoms with E-state index in [0.717, 1.165) is 0 Å². The van der Waals surface area contributed by atoms with Gasteiger partial charge in [-0.25, -0.2) is 0 Å². The van der Waals surface area contributed by atoms with Crippen LogP contribution in [0.1, 0.15) is 0 Å². The summed E-state index contributed by atoms with van der Waals surface area (Å²) >= 11 is 0. The third-order valence-electron chi connectivity index (χ3n) is 0. The molecule has 0 unspecified atom stereocenters. The molecule has 0 fully saturated rings. The van der Waals surface area contributed by atoms with Crippen molar-refractivity contribution in [3.63, 3.8) is 0 Å². The van der Waals surface area contributed by atoms with Crippen LogP contribution in [0.5, 0.6) is 0 Å². The molecule has 0 aliphatic carbocycles. The quantitative estimate of drug-likeness (QED) is 0.468. The largest absolute Gasteiger partial charge is 3.00 e. The van der Waals surface area contributed by atoms with E-state index in [4.69, 9.17) is 0 Å². The fraction of sp³-hybridized carbons (Fsp3) is 0. The molecular formula is Ca2O5Sc2. The molecule has 0 aliphatic rings. The predicted octanol–water partition coefficient (Wildman–Crippen LogP) is -1.36. The van der Waals surface area contributed by atoms with E-state index in [-0.39, 0.29) is 155 Å². The number of hydrogen-bond donors (Lipinski definition) is 0. The van der Waals surface area contributed by atoms with Gasteiger partial charge in [0.2, 0.25) is 0 Å². The van der Waals surface area contributed by atoms with Gasteiger partial charge in [-0.3, -0.25) is 0 Å². The first-order valence-electron chi connectivity index (χ1n) is 0. The smallest absolute Gasteiger partial charge is 2.00 e. The summed E-state index contributed by atoms with van der Waals surface area (Å²) in [7, 11) is 0. The molecule has 0 saturated heterocycles. The van der Waals surface area contributed by atoms with Crippen LogP contribution in [0.3, 0.4) is 0 Å². The maximum absolute atomic E-state index is 0. The van der Waals surface area contributed by atoms with Crippen LogP contribution >= 0.6 is 0 Å². The van der Waals surface area contributed by atoms with Gasteiger partial charge in [-0.2, -0.15) is 0 Å². The van der Waals surface area contributed by atoms with Crippen LogP contribution < -0.4 is 0 Å². The molecule has 0 atom stereocenters. The van der Waals surface area contributed by atoms with Gasteiger partial charge in [0.05, 0.1) is 0 Å². The summed E-state index contributed by atoms with van der Waals surface area (Å²) in [4.78, 5) is 0. The van der Waals surface area contributed by atoms with Crippen LogP contribution in [-0.2, 0) is 79.1 Å². The van der Waals surface area contributed by atoms with Gasteiger partial charge in [0.25, 0.3) is 0 Å².